The molecule has 2 aromatic carbocycles. The monoisotopic (exact) mass is 575 g/mol. The molecular formula is C35H50FN5O. The minimum Gasteiger partial charge on any atom is -0.354 e. The Morgan fingerprint density at radius 3 is 2.17 bits per heavy atom. The van der Waals surface area contributed by atoms with Crippen LogP contribution in [0.4, 0.5) is 10.2 Å². The Balaban J connectivity index is 1.70. The van der Waals surface area contributed by atoms with Crippen molar-refractivity contribution in [2.75, 3.05) is 37.6 Å². The molecule has 7 heteroatoms. The summed E-state index contributed by atoms with van der Waals surface area (Å²) < 4.78 is 15.9. The van der Waals surface area contributed by atoms with E-state index >= 15 is 0 Å². The summed E-state index contributed by atoms with van der Waals surface area (Å²) in [6, 6.07) is 15.3. The quantitative estimate of drug-likeness (QED) is 0.203. The van der Waals surface area contributed by atoms with Crippen molar-refractivity contribution >= 4 is 11.7 Å². The van der Waals surface area contributed by atoms with Gasteiger partial charge in [-0.05, 0) is 81.0 Å². The van der Waals surface area contributed by atoms with Crippen LogP contribution in [0, 0.1) is 11.7 Å². The Hall–Kier alpha value is -3.19. The zero-order valence-electron chi connectivity index (χ0n) is 26.6. The Morgan fingerprint density at radius 1 is 0.929 bits per heavy atom. The van der Waals surface area contributed by atoms with Crippen LogP contribution in [0.3, 0.4) is 0 Å². The zero-order valence-corrected chi connectivity index (χ0v) is 26.6. The first kappa shape index (κ1) is 31.7. The van der Waals surface area contributed by atoms with Gasteiger partial charge in [0.05, 0.1) is 17.9 Å². The molecule has 4 rings (SSSR count). The van der Waals surface area contributed by atoms with Crippen molar-refractivity contribution in [1.82, 2.24) is 19.6 Å². The largest absolute Gasteiger partial charge is 0.354 e. The average Bonchev–Trinajstić information content (AvgIpc) is 3.35. The molecule has 1 aliphatic rings. The molecule has 0 atom stereocenters. The summed E-state index contributed by atoms with van der Waals surface area (Å²) in [4.78, 5) is 20.9. The highest BCUT2D eigenvalue weighted by molar-refractivity contribution is 5.94. The fraction of sp³-hybridized carbons (Fsp3) is 0.543. The first-order chi connectivity index (χ1) is 20.2. The van der Waals surface area contributed by atoms with Crippen molar-refractivity contribution in [2.45, 2.75) is 86.2 Å². The fourth-order valence-electron chi connectivity index (χ4n) is 5.90. The molecule has 6 nitrogen and oxygen atoms in total. The van der Waals surface area contributed by atoms with Crippen molar-refractivity contribution in [3.63, 3.8) is 0 Å². The molecular weight excluding hydrogens is 525 g/mol. The molecule has 1 fully saturated rings. The number of hydrogen-bond donors (Lipinski definition) is 0. The van der Waals surface area contributed by atoms with Gasteiger partial charge in [-0.1, -0.05) is 52.7 Å². The molecule has 42 heavy (non-hydrogen) atoms. The second-order valence-electron chi connectivity index (χ2n) is 12.3. The van der Waals surface area contributed by atoms with Gasteiger partial charge in [-0.2, -0.15) is 5.10 Å². The maximum Gasteiger partial charge on any atom is 0.254 e. The predicted molar refractivity (Wildman–Crippen MR) is 171 cm³/mol. The lowest BCUT2D eigenvalue weighted by Crippen LogP contribution is -2.49. The van der Waals surface area contributed by atoms with Crippen LogP contribution in [0.5, 0.6) is 0 Å². The summed E-state index contributed by atoms with van der Waals surface area (Å²) in [5.74, 6) is 1.13. The van der Waals surface area contributed by atoms with Crippen molar-refractivity contribution in [3.05, 3.63) is 76.7 Å². The molecule has 1 aromatic heterocycles. The minimum absolute atomic E-state index is 0.0518. The van der Waals surface area contributed by atoms with Crippen LogP contribution in [0.2, 0.25) is 0 Å². The maximum atomic E-state index is 14.0. The van der Waals surface area contributed by atoms with Crippen molar-refractivity contribution < 1.29 is 9.18 Å². The number of anilines is 1. The van der Waals surface area contributed by atoms with E-state index in [2.05, 4.69) is 63.5 Å². The van der Waals surface area contributed by atoms with E-state index in [0.717, 1.165) is 67.3 Å². The van der Waals surface area contributed by atoms with E-state index in [1.54, 1.807) is 12.1 Å². The van der Waals surface area contributed by atoms with Gasteiger partial charge in [0.25, 0.3) is 5.91 Å². The smallest absolute Gasteiger partial charge is 0.254 e. The fourth-order valence-corrected chi connectivity index (χ4v) is 5.90. The van der Waals surface area contributed by atoms with Gasteiger partial charge in [0, 0.05) is 49.9 Å². The van der Waals surface area contributed by atoms with E-state index in [0.29, 0.717) is 25.0 Å². The second-order valence-corrected chi connectivity index (χ2v) is 12.3. The number of rotatable bonds is 13. The molecule has 0 radical (unpaired) electrons. The molecule has 0 spiro atoms. The number of halogens is 1. The lowest BCUT2D eigenvalue weighted by atomic mass is 10.0. The van der Waals surface area contributed by atoms with Crippen molar-refractivity contribution in [2.24, 2.45) is 5.92 Å². The molecule has 1 aliphatic heterocycles. The van der Waals surface area contributed by atoms with Gasteiger partial charge in [0.2, 0.25) is 0 Å². The molecule has 0 N–H and O–H groups in total. The van der Waals surface area contributed by atoms with E-state index in [4.69, 9.17) is 5.10 Å². The first-order valence-corrected chi connectivity index (χ1v) is 16.0. The summed E-state index contributed by atoms with van der Waals surface area (Å²) in [5.41, 5.74) is 4.91. The van der Waals surface area contributed by atoms with Gasteiger partial charge in [-0.25, -0.2) is 9.07 Å². The van der Waals surface area contributed by atoms with Gasteiger partial charge >= 0.3 is 0 Å². The molecule has 0 unspecified atom stereocenters. The van der Waals surface area contributed by atoms with Gasteiger partial charge in [0.1, 0.15) is 11.6 Å². The van der Waals surface area contributed by atoms with Crippen molar-refractivity contribution in [3.8, 4) is 5.69 Å². The predicted octanol–water partition coefficient (Wildman–Crippen LogP) is 7.14. The minimum atomic E-state index is -0.265. The maximum absolute atomic E-state index is 14.0. The summed E-state index contributed by atoms with van der Waals surface area (Å²) in [7, 11) is 0. The molecule has 0 aliphatic carbocycles. The summed E-state index contributed by atoms with van der Waals surface area (Å²) in [5, 5.41) is 5.07. The topological polar surface area (TPSA) is 44.6 Å². The van der Waals surface area contributed by atoms with Crippen LogP contribution in [0.25, 0.3) is 5.69 Å². The lowest BCUT2D eigenvalue weighted by Gasteiger charge is -2.38. The Bertz CT molecular complexity index is 1270. The summed E-state index contributed by atoms with van der Waals surface area (Å²) in [6.45, 7) is 18.0. The third-order valence-corrected chi connectivity index (χ3v) is 8.28. The van der Waals surface area contributed by atoms with Crippen LogP contribution in [0.1, 0.15) is 88.0 Å². The number of piperazine rings is 1. The van der Waals surface area contributed by atoms with E-state index in [1.165, 1.54) is 37.0 Å². The summed E-state index contributed by atoms with van der Waals surface area (Å²) in [6.07, 6.45) is 5.40. The highest BCUT2D eigenvalue weighted by atomic mass is 19.1. The number of nitrogens with zero attached hydrogens (tertiary/aromatic N) is 5. The van der Waals surface area contributed by atoms with E-state index < -0.39 is 0 Å². The highest BCUT2D eigenvalue weighted by Gasteiger charge is 2.29. The van der Waals surface area contributed by atoms with Crippen LogP contribution < -0.4 is 4.90 Å². The lowest BCUT2D eigenvalue weighted by molar-refractivity contribution is 0.0722. The standard InChI is InChI=1S/C35H50FN5O/c1-7-9-10-11-28-12-14-29(15-13-28)35(42)40(24-26(3)4)25-32-33(8-2)37-41(31-18-16-30(36)17-19-31)34(32)39-22-20-38(21-23-39)27(5)6/h12-19,26-27H,7-11,20-25H2,1-6H3. The normalized spacial score (nSPS) is 14.3. The van der Waals surface area contributed by atoms with E-state index in [9.17, 15) is 9.18 Å². The van der Waals surface area contributed by atoms with Crippen molar-refractivity contribution in [1.29, 1.82) is 0 Å². The van der Waals surface area contributed by atoms with Gasteiger partial charge in [0.15, 0.2) is 0 Å². The number of benzene rings is 2. The van der Waals surface area contributed by atoms with E-state index in [-0.39, 0.29) is 11.7 Å². The molecule has 0 saturated carbocycles. The molecule has 1 amide bonds. The van der Waals surface area contributed by atoms with E-state index in [1.807, 2.05) is 21.7 Å². The summed E-state index contributed by atoms with van der Waals surface area (Å²) >= 11 is 0. The number of carbonyl (C=O) groups is 1. The Kier molecular flexibility index (Phi) is 11.2. The third-order valence-electron chi connectivity index (χ3n) is 8.28. The number of aromatic nitrogens is 2. The number of aryl methyl sites for hydroxylation is 2. The average molecular weight is 576 g/mol. The van der Waals surface area contributed by atoms with Crippen LogP contribution in [-0.4, -0.2) is 64.3 Å². The Morgan fingerprint density at radius 2 is 1.60 bits per heavy atom. The number of carbonyl (C=O) groups excluding carboxylic acids is 1. The van der Waals surface area contributed by atoms with Crippen LogP contribution in [-0.2, 0) is 19.4 Å². The number of hydrogen-bond acceptors (Lipinski definition) is 4. The van der Waals surface area contributed by atoms with Gasteiger partial charge in [-0.15, -0.1) is 0 Å². The SMILES string of the molecule is CCCCCc1ccc(C(=O)N(Cc2c(CC)nn(-c3ccc(F)cc3)c2N2CCN(C(C)C)CC2)CC(C)C)cc1. The number of amides is 1. The Labute approximate surface area is 252 Å². The zero-order chi connectivity index (χ0) is 30.2. The molecule has 0 bridgehead atoms. The number of unbranched alkanes of at least 4 members (excludes halogenated alkanes) is 2. The van der Waals surface area contributed by atoms with Crippen LogP contribution in [0.15, 0.2) is 48.5 Å². The molecule has 3 aromatic rings. The highest BCUT2D eigenvalue weighted by Crippen LogP contribution is 2.31. The van der Waals surface area contributed by atoms with Gasteiger partial charge < -0.3 is 9.80 Å². The third kappa shape index (κ3) is 7.80. The van der Waals surface area contributed by atoms with Gasteiger partial charge in [-0.3, -0.25) is 9.69 Å². The first-order valence-electron chi connectivity index (χ1n) is 16.0. The van der Waals surface area contributed by atoms with Crippen LogP contribution >= 0.6 is 0 Å². The molecule has 2 heterocycles. The second kappa shape index (κ2) is 14.8. The molecule has 1 saturated heterocycles. The molecule has 228 valence electrons.